The molecule has 0 spiro atoms. The number of hydrogen-bond donors (Lipinski definition) is 1. The third-order valence-corrected chi connectivity index (χ3v) is 2.55. The van der Waals surface area contributed by atoms with E-state index in [0.717, 1.165) is 0 Å². The number of halogens is 4. The van der Waals surface area contributed by atoms with Crippen molar-refractivity contribution < 1.29 is 4.39 Å². The molecular formula is C11H11Cl3FN3. The smallest absolute Gasteiger partial charge is 0.249 e. The minimum Gasteiger partial charge on any atom is -0.362 e. The Balaban J connectivity index is 3.15. The molecule has 0 amide bonds. The molecule has 0 aliphatic heterocycles. The lowest BCUT2D eigenvalue weighted by Crippen LogP contribution is -2.27. The molecule has 3 nitrogen and oxygen atoms in total. The van der Waals surface area contributed by atoms with Crippen molar-refractivity contribution in [1.82, 2.24) is 4.90 Å². The van der Waals surface area contributed by atoms with E-state index in [4.69, 9.17) is 40.2 Å². The topological polar surface area (TPSA) is 39.5 Å². The lowest BCUT2D eigenvalue weighted by molar-refractivity contribution is 0.619. The van der Waals surface area contributed by atoms with Crippen LogP contribution >= 0.6 is 34.8 Å². The Bertz CT molecular complexity index is 463. The first-order valence-corrected chi connectivity index (χ1v) is 6.03. The van der Waals surface area contributed by atoms with Gasteiger partial charge in [0.05, 0.1) is 0 Å². The number of nitrogens with zero attached hydrogens (tertiary/aromatic N) is 2. The summed E-state index contributed by atoms with van der Waals surface area (Å²) in [5.41, 5.74) is 0.625. The highest BCUT2D eigenvalue weighted by Crippen LogP contribution is 2.28. The third-order valence-electron chi connectivity index (χ3n) is 2.01. The first-order valence-electron chi connectivity index (χ1n) is 4.89. The largest absolute Gasteiger partial charge is 0.362 e. The molecule has 0 aromatic heterocycles. The molecule has 0 saturated heterocycles. The van der Waals surface area contributed by atoms with E-state index in [9.17, 15) is 4.39 Å². The van der Waals surface area contributed by atoms with Gasteiger partial charge in [-0.05, 0) is 24.3 Å². The van der Waals surface area contributed by atoms with Gasteiger partial charge in [0.25, 0.3) is 0 Å². The van der Waals surface area contributed by atoms with Gasteiger partial charge < -0.3 is 4.90 Å². The van der Waals surface area contributed by atoms with Crippen molar-refractivity contribution in [3.05, 3.63) is 35.6 Å². The second-order valence-electron chi connectivity index (χ2n) is 3.68. The maximum absolute atomic E-state index is 12.8. The molecule has 0 aliphatic rings. The van der Waals surface area contributed by atoms with Crippen LogP contribution in [0.25, 0.3) is 0 Å². The fraction of sp³-hybridized carbons (Fsp3) is 0.273. The fourth-order valence-corrected chi connectivity index (χ4v) is 1.32. The van der Waals surface area contributed by atoms with Crippen LogP contribution in [0.3, 0.4) is 0 Å². The summed E-state index contributed by atoms with van der Waals surface area (Å²) in [6, 6.07) is 5.68. The molecule has 1 rings (SSSR count). The molecule has 1 N–H and O–H groups in total. The van der Waals surface area contributed by atoms with Gasteiger partial charge in [-0.1, -0.05) is 34.8 Å². The van der Waals surface area contributed by atoms with E-state index in [1.807, 2.05) is 0 Å². The van der Waals surface area contributed by atoms with E-state index >= 15 is 0 Å². The van der Waals surface area contributed by atoms with Gasteiger partial charge in [0.15, 0.2) is 5.84 Å². The van der Waals surface area contributed by atoms with E-state index in [1.165, 1.54) is 12.1 Å². The first-order chi connectivity index (χ1) is 8.21. The summed E-state index contributed by atoms with van der Waals surface area (Å²) in [4.78, 5) is 5.61. The summed E-state index contributed by atoms with van der Waals surface area (Å²) in [5.74, 6) is -0.347. The monoisotopic (exact) mass is 309 g/mol. The van der Waals surface area contributed by atoms with Crippen LogP contribution in [0.2, 0.25) is 0 Å². The highest BCUT2D eigenvalue weighted by atomic mass is 35.6. The summed E-state index contributed by atoms with van der Waals surface area (Å²) in [7, 11) is 3.46. The van der Waals surface area contributed by atoms with E-state index in [0.29, 0.717) is 11.4 Å². The molecule has 0 bridgehead atoms. The molecule has 0 saturated carbocycles. The molecule has 1 aromatic rings. The Morgan fingerprint density at radius 1 is 1.22 bits per heavy atom. The summed E-state index contributed by atoms with van der Waals surface area (Å²) in [5, 5.41) is 7.57. The molecule has 1 aromatic carbocycles. The van der Waals surface area contributed by atoms with Gasteiger partial charge in [0, 0.05) is 19.7 Å². The van der Waals surface area contributed by atoms with Gasteiger partial charge in [0.2, 0.25) is 3.79 Å². The zero-order valence-corrected chi connectivity index (χ0v) is 12.0. The van der Waals surface area contributed by atoms with E-state index in [-0.39, 0.29) is 5.82 Å². The lowest BCUT2D eigenvalue weighted by Gasteiger charge is -2.17. The first kappa shape index (κ1) is 15.2. The molecule has 0 fully saturated rings. The maximum Gasteiger partial charge on any atom is 0.249 e. The molecule has 18 heavy (non-hydrogen) atoms. The van der Waals surface area contributed by atoms with Crippen molar-refractivity contribution in [1.29, 1.82) is 5.41 Å². The van der Waals surface area contributed by atoms with Crippen molar-refractivity contribution in [2.75, 3.05) is 14.1 Å². The number of hydrogen-bond acceptors (Lipinski definition) is 1. The molecule has 0 heterocycles. The van der Waals surface area contributed by atoms with Crippen molar-refractivity contribution in [2.45, 2.75) is 3.79 Å². The van der Waals surface area contributed by atoms with Crippen molar-refractivity contribution in [3.63, 3.8) is 0 Å². The highest BCUT2D eigenvalue weighted by molar-refractivity contribution is 6.76. The lowest BCUT2D eigenvalue weighted by atomic mass is 10.2. The van der Waals surface area contributed by atoms with Crippen LogP contribution < -0.4 is 0 Å². The Hall–Kier alpha value is -0.840. The average molecular weight is 311 g/mol. The van der Waals surface area contributed by atoms with Crippen LogP contribution in [-0.2, 0) is 0 Å². The predicted molar refractivity (Wildman–Crippen MR) is 74.6 cm³/mol. The molecule has 0 atom stereocenters. The normalized spacial score (nSPS) is 12.4. The average Bonchev–Trinajstić information content (AvgIpc) is 2.25. The summed E-state index contributed by atoms with van der Waals surface area (Å²) >= 11 is 16.7. The van der Waals surface area contributed by atoms with Crippen molar-refractivity contribution in [2.24, 2.45) is 4.99 Å². The Morgan fingerprint density at radius 3 is 2.11 bits per heavy atom. The van der Waals surface area contributed by atoms with Crippen LogP contribution in [-0.4, -0.2) is 34.5 Å². The van der Waals surface area contributed by atoms with Crippen molar-refractivity contribution in [3.8, 4) is 0 Å². The van der Waals surface area contributed by atoms with Crippen molar-refractivity contribution >= 4 is 46.5 Å². The van der Waals surface area contributed by atoms with Crippen LogP contribution in [0.5, 0.6) is 0 Å². The van der Waals surface area contributed by atoms with Crippen LogP contribution in [0, 0.1) is 11.2 Å². The second kappa shape index (κ2) is 5.87. The number of amidine groups is 2. The van der Waals surface area contributed by atoms with Crippen LogP contribution in [0.15, 0.2) is 29.3 Å². The molecule has 0 radical (unpaired) electrons. The number of benzene rings is 1. The second-order valence-corrected chi connectivity index (χ2v) is 5.96. The minimum absolute atomic E-state index is 0.353. The van der Waals surface area contributed by atoms with Gasteiger partial charge in [0.1, 0.15) is 11.7 Å². The van der Waals surface area contributed by atoms with Gasteiger partial charge in [-0.25, -0.2) is 9.38 Å². The van der Waals surface area contributed by atoms with E-state index in [1.54, 1.807) is 31.1 Å². The summed E-state index contributed by atoms with van der Waals surface area (Å²) < 4.78 is 11.0. The quantitative estimate of drug-likeness (QED) is 0.481. The molecule has 7 heteroatoms. The van der Waals surface area contributed by atoms with E-state index in [2.05, 4.69) is 4.99 Å². The number of nitrogens with one attached hydrogen (secondary N) is 1. The van der Waals surface area contributed by atoms with Crippen LogP contribution in [0.1, 0.15) is 5.56 Å². The SMILES string of the molecule is CN(C)C(=NC(=N)C(Cl)(Cl)Cl)c1ccc(F)cc1. The Labute approximate surface area is 120 Å². The van der Waals surface area contributed by atoms with Gasteiger partial charge in [-0.3, -0.25) is 5.41 Å². The zero-order valence-electron chi connectivity index (χ0n) is 9.72. The van der Waals surface area contributed by atoms with Gasteiger partial charge in [-0.15, -0.1) is 0 Å². The number of rotatable bonds is 1. The van der Waals surface area contributed by atoms with E-state index < -0.39 is 9.63 Å². The number of aliphatic imine (C=N–C) groups is 1. The minimum atomic E-state index is -1.89. The predicted octanol–water partition coefficient (Wildman–Crippen LogP) is 3.48. The zero-order chi connectivity index (χ0) is 13.9. The fourth-order valence-electron chi connectivity index (χ4n) is 1.19. The number of alkyl halides is 3. The standard InChI is InChI=1S/C11H11Cl3FN3/c1-18(2)9(17-10(16)11(12,13)14)7-3-5-8(15)6-4-7/h3-6,16H,1-2H3. The molecular weight excluding hydrogens is 299 g/mol. The van der Waals surface area contributed by atoms with Crippen LogP contribution in [0.4, 0.5) is 4.39 Å². The Kier molecular flexibility index (Phi) is 4.96. The molecule has 0 unspecified atom stereocenters. The summed E-state index contributed by atoms with van der Waals surface area (Å²) in [6.45, 7) is 0. The Morgan fingerprint density at radius 2 is 1.72 bits per heavy atom. The molecule has 0 aliphatic carbocycles. The highest BCUT2D eigenvalue weighted by Gasteiger charge is 2.27. The third kappa shape index (κ3) is 4.12. The van der Waals surface area contributed by atoms with Gasteiger partial charge >= 0.3 is 0 Å². The summed E-state index contributed by atoms with van der Waals surface area (Å²) in [6.07, 6.45) is 0. The van der Waals surface area contributed by atoms with Gasteiger partial charge in [-0.2, -0.15) is 0 Å². The maximum atomic E-state index is 12.8. The molecule has 98 valence electrons.